The summed E-state index contributed by atoms with van der Waals surface area (Å²) in [4.78, 5) is 41.0. The molecule has 1 N–H and O–H groups in total. The minimum atomic E-state index is -0.905. The van der Waals surface area contributed by atoms with E-state index < -0.39 is 22.8 Å². The van der Waals surface area contributed by atoms with Crippen LogP contribution in [0.15, 0.2) is 95.9 Å². The van der Waals surface area contributed by atoms with Crippen LogP contribution in [0.1, 0.15) is 36.5 Å². The van der Waals surface area contributed by atoms with Crippen LogP contribution in [0.2, 0.25) is 0 Å². The molecule has 0 bridgehead atoms. The Morgan fingerprint density at radius 2 is 1.82 bits per heavy atom. The van der Waals surface area contributed by atoms with E-state index in [1.807, 2.05) is 41.1 Å². The summed E-state index contributed by atoms with van der Waals surface area (Å²) in [6.07, 6.45) is 8.96. The summed E-state index contributed by atoms with van der Waals surface area (Å²) < 4.78 is 12.5. The highest BCUT2D eigenvalue weighted by molar-refractivity contribution is 6.00. The average Bonchev–Trinajstić information content (AvgIpc) is 3.44. The summed E-state index contributed by atoms with van der Waals surface area (Å²) in [6.45, 7) is 4.09. The summed E-state index contributed by atoms with van der Waals surface area (Å²) in [6, 6.07) is 13.8. The minimum absolute atomic E-state index is 0.00961. The Morgan fingerprint density at radius 1 is 1.10 bits per heavy atom. The van der Waals surface area contributed by atoms with Crippen LogP contribution in [-0.4, -0.2) is 40.1 Å². The highest BCUT2D eigenvalue weighted by Crippen LogP contribution is 2.40. The molecule has 0 fully saturated rings. The van der Waals surface area contributed by atoms with Crippen molar-refractivity contribution in [3.63, 3.8) is 0 Å². The number of nitro benzene ring substituents is 1. The van der Waals surface area contributed by atoms with Gasteiger partial charge in [0.25, 0.3) is 5.69 Å². The lowest BCUT2D eigenvalue weighted by molar-refractivity contribution is -0.384. The maximum absolute atomic E-state index is 13.3. The molecule has 0 saturated carbocycles. The van der Waals surface area contributed by atoms with Crippen molar-refractivity contribution in [1.29, 1.82) is 0 Å². The molecular formula is C29H28N4O6. The number of imidazole rings is 1. The SMILES string of the molecule is COC(=O)C1=C(C)NC(C)=C(C(=O)OCC=Cc2ccc(Cn3ccnc3)cc2)C1c1cccc([N+](=O)[O-])c1. The Labute approximate surface area is 225 Å². The molecule has 0 saturated heterocycles. The Bertz CT molecular complexity index is 1470. The van der Waals surface area contributed by atoms with E-state index in [1.165, 1.54) is 25.3 Å². The molecular weight excluding hydrogens is 500 g/mol. The van der Waals surface area contributed by atoms with Crippen molar-refractivity contribution in [2.24, 2.45) is 0 Å². The lowest BCUT2D eigenvalue weighted by Gasteiger charge is -2.30. The molecule has 0 spiro atoms. The van der Waals surface area contributed by atoms with Gasteiger partial charge in [-0.15, -0.1) is 0 Å². The number of esters is 2. The van der Waals surface area contributed by atoms with Crippen LogP contribution in [0.5, 0.6) is 0 Å². The van der Waals surface area contributed by atoms with Gasteiger partial charge in [-0.3, -0.25) is 10.1 Å². The molecule has 0 amide bonds. The molecule has 4 rings (SSSR count). The normalized spacial score (nSPS) is 15.3. The number of carbonyl (C=O) groups is 2. The van der Waals surface area contributed by atoms with Gasteiger partial charge in [-0.2, -0.15) is 0 Å². The van der Waals surface area contributed by atoms with Gasteiger partial charge in [-0.25, -0.2) is 14.6 Å². The number of benzene rings is 2. The number of non-ortho nitro benzene ring substituents is 1. The number of aromatic nitrogens is 2. The molecule has 1 aliphatic rings. The average molecular weight is 529 g/mol. The van der Waals surface area contributed by atoms with Crippen molar-refractivity contribution in [3.8, 4) is 0 Å². The van der Waals surface area contributed by atoms with Crippen molar-refractivity contribution in [3.05, 3.63) is 123 Å². The second kappa shape index (κ2) is 12.0. The van der Waals surface area contributed by atoms with E-state index in [1.54, 1.807) is 38.5 Å². The van der Waals surface area contributed by atoms with Gasteiger partial charge in [0.05, 0.1) is 35.4 Å². The first-order valence-corrected chi connectivity index (χ1v) is 12.2. The standard InChI is InChI=1S/C29H28N4O6/c1-19-25(28(34)38-3)27(23-7-4-8-24(16-23)33(36)37)26(20(2)31-19)29(35)39-15-5-6-21-9-11-22(12-10-21)17-32-14-13-30-18-32/h4-14,16,18,27,31H,15,17H2,1-3H3. The fraction of sp³-hybridized carbons (Fsp3) is 0.207. The minimum Gasteiger partial charge on any atom is -0.466 e. The van der Waals surface area contributed by atoms with E-state index in [2.05, 4.69) is 10.3 Å². The largest absolute Gasteiger partial charge is 0.466 e. The number of nitro groups is 1. The van der Waals surface area contributed by atoms with Crippen molar-refractivity contribution in [2.45, 2.75) is 26.3 Å². The molecule has 1 aromatic heterocycles. The summed E-state index contributed by atoms with van der Waals surface area (Å²) >= 11 is 0. The first-order chi connectivity index (χ1) is 18.8. The summed E-state index contributed by atoms with van der Waals surface area (Å²) in [5, 5.41) is 14.5. The van der Waals surface area contributed by atoms with E-state index in [-0.39, 0.29) is 23.4 Å². The first kappa shape index (κ1) is 27.1. The topological polar surface area (TPSA) is 126 Å². The molecule has 1 atom stereocenters. The molecule has 0 aliphatic carbocycles. The Morgan fingerprint density at radius 3 is 2.46 bits per heavy atom. The van der Waals surface area contributed by atoms with Gasteiger partial charge in [-0.1, -0.05) is 42.5 Å². The number of methoxy groups -OCH3 is 1. The van der Waals surface area contributed by atoms with E-state index >= 15 is 0 Å². The zero-order chi connectivity index (χ0) is 27.9. The third-order valence-corrected chi connectivity index (χ3v) is 6.32. The number of rotatable bonds is 9. The van der Waals surface area contributed by atoms with Crippen molar-refractivity contribution in [1.82, 2.24) is 14.9 Å². The predicted molar refractivity (Wildman–Crippen MR) is 144 cm³/mol. The number of nitrogens with zero attached hydrogens (tertiary/aromatic N) is 3. The summed E-state index contributed by atoms with van der Waals surface area (Å²) in [7, 11) is 1.24. The van der Waals surface area contributed by atoms with Crippen LogP contribution in [-0.2, 0) is 25.6 Å². The molecule has 1 unspecified atom stereocenters. The maximum Gasteiger partial charge on any atom is 0.337 e. The molecule has 10 nitrogen and oxygen atoms in total. The predicted octanol–water partition coefficient (Wildman–Crippen LogP) is 4.50. The second-order valence-electron chi connectivity index (χ2n) is 8.96. The molecule has 3 aromatic rings. The zero-order valence-electron chi connectivity index (χ0n) is 21.8. The monoisotopic (exact) mass is 528 g/mol. The van der Waals surface area contributed by atoms with Crippen molar-refractivity contribution < 1.29 is 24.0 Å². The number of nitrogens with one attached hydrogen (secondary N) is 1. The van der Waals surface area contributed by atoms with E-state index in [9.17, 15) is 19.7 Å². The second-order valence-corrected chi connectivity index (χ2v) is 8.96. The molecule has 2 aromatic carbocycles. The van der Waals surface area contributed by atoms with E-state index in [0.29, 0.717) is 17.0 Å². The van der Waals surface area contributed by atoms with Crippen LogP contribution < -0.4 is 5.32 Å². The van der Waals surface area contributed by atoms with Gasteiger partial charge in [-0.05, 0) is 36.6 Å². The third-order valence-electron chi connectivity index (χ3n) is 6.32. The maximum atomic E-state index is 13.3. The lowest BCUT2D eigenvalue weighted by atomic mass is 9.80. The van der Waals surface area contributed by atoms with Gasteiger partial charge in [0.15, 0.2) is 0 Å². The highest BCUT2D eigenvalue weighted by atomic mass is 16.6. The summed E-state index contributed by atoms with van der Waals surface area (Å²) in [5.41, 5.74) is 3.65. The molecule has 10 heteroatoms. The molecule has 39 heavy (non-hydrogen) atoms. The summed E-state index contributed by atoms with van der Waals surface area (Å²) in [5.74, 6) is -2.20. The quantitative estimate of drug-likeness (QED) is 0.244. The highest BCUT2D eigenvalue weighted by Gasteiger charge is 2.38. The molecule has 2 heterocycles. The van der Waals surface area contributed by atoms with Crippen LogP contribution in [0.4, 0.5) is 5.69 Å². The van der Waals surface area contributed by atoms with Gasteiger partial charge >= 0.3 is 11.9 Å². The van der Waals surface area contributed by atoms with Gasteiger partial charge in [0, 0.05) is 42.5 Å². The third kappa shape index (κ3) is 6.30. The number of ether oxygens (including phenoxy) is 2. The Kier molecular flexibility index (Phi) is 8.35. The van der Waals surface area contributed by atoms with Crippen LogP contribution in [0.3, 0.4) is 0 Å². The van der Waals surface area contributed by atoms with Gasteiger partial charge in [0.1, 0.15) is 6.61 Å². The number of hydrogen-bond donors (Lipinski definition) is 1. The van der Waals surface area contributed by atoms with E-state index in [4.69, 9.17) is 9.47 Å². The first-order valence-electron chi connectivity index (χ1n) is 12.2. The van der Waals surface area contributed by atoms with Gasteiger partial charge in [0.2, 0.25) is 0 Å². The zero-order valence-corrected chi connectivity index (χ0v) is 21.8. The number of allylic oxidation sites excluding steroid dienone is 2. The van der Waals surface area contributed by atoms with Crippen molar-refractivity contribution in [2.75, 3.05) is 13.7 Å². The fourth-order valence-corrected chi connectivity index (χ4v) is 4.51. The van der Waals surface area contributed by atoms with Crippen LogP contribution in [0.25, 0.3) is 6.08 Å². The number of carbonyl (C=O) groups excluding carboxylic acids is 2. The molecule has 0 radical (unpaired) electrons. The fourth-order valence-electron chi connectivity index (χ4n) is 4.51. The van der Waals surface area contributed by atoms with Crippen LogP contribution >= 0.6 is 0 Å². The molecule has 1 aliphatic heterocycles. The molecule has 200 valence electrons. The number of dihydropyridines is 1. The Hall–Kier alpha value is -4.99. The van der Waals surface area contributed by atoms with Crippen molar-refractivity contribution >= 4 is 23.7 Å². The lowest BCUT2D eigenvalue weighted by Crippen LogP contribution is -2.32. The smallest absolute Gasteiger partial charge is 0.337 e. The number of hydrogen-bond acceptors (Lipinski definition) is 8. The Balaban J connectivity index is 1.51. The van der Waals surface area contributed by atoms with Gasteiger partial charge < -0.3 is 19.4 Å². The van der Waals surface area contributed by atoms with Crippen LogP contribution in [0, 0.1) is 10.1 Å². The van der Waals surface area contributed by atoms with E-state index in [0.717, 1.165) is 17.7 Å².